The number of aromatic nitrogens is 2. The van der Waals surface area contributed by atoms with Gasteiger partial charge in [0.15, 0.2) is 6.61 Å². The lowest BCUT2D eigenvalue weighted by atomic mass is 10.1. The van der Waals surface area contributed by atoms with Gasteiger partial charge >= 0.3 is 6.18 Å². The first kappa shape index (κ1) is 18.6. The van der Waals surface area contributed by atoms with Crippen molar-refractivity contribution < 1.29 is 17.9 Å². The summed E-state index contributed by atoms with van der Waals surface area (Å²) in [7, 11) is 0. The lowest BCUT2D eigenvalue weighted by molar-refractivity contribution is -0.153. The zero-order valence-corrected chi connectivity index (χ0v) is 15.2. The SMILES string of the molecule is O=c1c2ccc(Cl)cc2nc2n1CC/C2=C\c1ccc(OCC(F)(F)F)cc1. The van der Waals surface area contributed by atoms with E-state index in [0.29, 0.717) is 34.7 Å². The fourth-order valence-electron chi connectivity index (χ4n) is 3.15. The van der Waals surface area contributed by atoms with E-state index in [2.05, 4.69) is 4.98 Å². The Morgan fingerprint density at radius 1 is 1.18 bits per heavy atom. The molecule has 0 fully saturated rings. The van der Waals surface area contributed by atoms with Gasteiger partial charge in [0.05, 0.1) is 10.9 Å². The van der Waals surface area contributed by atoms with Gasteiger partial charge in [-0.05, 0) is 54.0 Å². The molecule has 0 spiro atoms. The molecule has 8 heteroatoms. The summed E-state index contributed by atoms with van der Waals surface area (Å²) in [6.45, 7) is -0.804. The molecular formula is C20H14ClF3N2O2. The summed E-state index contributed by atoms with van der Waals surface area (Å²) in [4.78, 5) is 17.3. The summed E-state index contributed by atoms with van der Waals surface area (Å²) >= 11 is 6.01. The van der Waals surface area contributed by atoms with E-state index in [1.807, 2.05) is 6.08 Å². The van der Waals surface area contributed by atoms with Gasteiger partial charge in [-0.25, -0.2) is 4.98 Å². The van der Waals surface area contributed by atoms with E-state index in [9.17, 15) is 18.0 Å². The van der Waals surface area contributed by atoms with Crippen LogP contribution in [0.1, 0.15) is 17.8 Å². The molecule has 144 valence electrons. The molecule has 0 atom stereocenters. The van der Waals surface area contributed by atoms with Crippen LogP contribution in [-0.4, -0.2) is 22.3 Å². The number of alkyl halides is 3. The van der Waals surface area contributed by atoms with Gasteiger partial charge in [0, 0.05) is 11.6 Å². The van der Waals surface area contributed by atoms with Crippen LogP contribution >= 0.6 is 11.6 Å². The summed E-state index contributed by atoms with van der Waals surface area (Å²) in [5, 5.41) is 1.02. The minimum Gasteiger partial charge on any atom is -0.484 e. The second kappa shape index (κ2) is 6.98. The first-order valence-corrected chi connectivity index (χ1v) is 8.89. The topological polar surface area (TPSA) is 44.1 Å². The largest absolute Gasteiger partial charge is 0.484 e. The van der Waals surface area contributed by atoms with Crippen LogP contribution in [-0.2, 0) is 6.54 Å². The van der Waals surface area contributed by atoms with Crippen LogP contribution in [0.15, 0.2) is 47.3 Å². The van der Waals surface area contributed by atoms with Crippen LogP contribution in [0.25, 0.3) is 22.6 Å². The predicted octanol–water partition coefficient (Wildman–Crippen LogP) is 4.94. The molecule has 2 aromatic carbocycles. The van der Waals surface area contributed by atoms with Gasteiger partial charge < -0.3 is 4.74 Å². The maximum Gasteiger partial charge on any atom is 0.422 e. The average molecular weight is 407 g/mol. The number of allylic oxidation sites excluding steroid dienone is 1. The molecule has 0 amide bonds. The number of ether oxygens (including phenoxy) is 1. The summed E-state index contributed by atoms with van der Waals surface area (Å²) in [6, 6.07) is 11.3. The molecule has 0 saturated carbocycles. The molecule has 0 saturated heterocycles. The lowest BCUT2D eigenvalue weighted by Gasteiger charge is -2.09. The van der Waals surface area contributed by atoms with E-state index in [0.717, 1.165) is 11.1 Å². The van der Waals surface area contributed by atoms with Gasteiger partial charge in [-0.15, -0.1) is 0 Å². The Morgan fingerprint density at radius 2 is 1.93 bits per heavy atom. The number of nitrogens with zero attached hydrogens (tertiary/aromatic N) is 2. The predicted molar refractivity (Wildman–Crippen MR) is 101 cm³/mol. The zero-order chi connectivity index (χ0) is 19.9. The standard InChI is InChI=1S/C20H14ClF3N2O2/c21-14-3-6-16-17(10-14)25-18-13(7-8-26(18)19(16)27)9-12-1-4-15(5-2-12)28-11-20(22,23)24/h1-6,9-10H,7-8,11H2/b13-9+. The van der Waals surface area contributed by atoms with E-state index in [1.54, 1.807) is 34.9 Å². The van der Waals surface area contributed by atoms with E-state index < -0.39 is 12.8 Å². The Bertz CT molecular complexity index is 1140. The monoisotopic (exact) mass is 406 g/mol. The lowest BCUT2D eigenvalue weighted by Crippen LogP contribution is -2.20. The smallest absolute Gasteiger partial charge is 0.422 e. The van der Waals surface area contributed by atoms with Crippen molar-refractivity contribution in [3.8, 4) is 5.75 Å². The van der Waals surface area contributed by atoms with E-state index >= 15 is 0 Å². The maximum absolute atomic E-state index is 12.7. The van der Waals surface area contributed by atoms with Crippen LogP contribution in [0.3, 0.4) is 0 Å². The van der Waals surface area contributed by atoms with Gasteiger partial charge in [0.2, 0.25) is 0 Å². The Labute approximate surface area is 162 Å². The number of hydrogen-bond acceptors (Lipinski definition) is 3. The number of fused-ring (bicyclic) bond motifs is 2. The van der Waals surface area contributed by atoms with Crippen LogP contribution < -0.4 is 10.3 Å². The number of rotatable bonds is 3. The third-order valence-corrected chi connectivity index (χ3v) is 4.67. The molecule has 28 heavy (non-hydrogen) atoms. The van der Waals surface area contributed by atoms with Crippen LogP contribution in [0.5, 0.6) is 5.75 Å². The molecule has 4 rings (SSSR count). The minimum absolute atomic E-state index is 0.115. The average Bonchev–Trinajstić information content (AvgIpc) is 3.03. The van der Waals surface area contributed by atoms with Gasteiger partial charge in [0.25, 0.3) is 5.56 Å². The second-order valence-electron chi connectivity index (χ2n) is 6.45. The Kier molecular flexibility index (Phi) is 4.63. The first-order valence-electron chi connectivity index (χ1n) is 8.51. The van der Waals surface area contributed by atoms with Gasteiger partial charge in [-0.1, -0.05) is 23.7 Å². The van der Waals surface area contributed by atoms with Gasteiger partial charge in [-0.3, -0.25) is 9.36 Å². The van der Waals surface area contributed by atoms with Crippen molar-refractivity contribution in [2.75, 3.05) is 6.61 Å². The van der Waals surface area contributed by atoms with Crippen molar-refractivity contribution in [1.82, 2.24) is 9.55 Å². The van der Waals surface area contributed by atoms with Crippen molar-refractivity contribution in [2.24, 2.45) is 0 Å². The molecule has 3 aromatic rings. The molecule has 2 heterocycles. The van der Waals surface area contributed by atoms with Crippen LogP contribution in [0.2, 0.25) is 5.02 Å². The molecule has 0 unspecified atom stereocenters. The molecule has 0 bridgehead atoms. The molecule has 0 radical (unpaired) electrons. The summed E-state index contributed by atoms with van der Waals surface area (Å²) in [5.74, 6) is 0.721. The fraction of sp³-hybridized carbons (Fsp3) is 0.200. The highest BCUT2D eigenvalue weighted by molar-refractivity contribution is 6.31. The highest BCUT2D eigenvalue weighted by atomic mass is 35.5. The normalized spacial score (nSPS) is 15.2. The highest BCUT2D eigenvalue weighted by Crippen LogP contribution is 2.28. The van der Waals surface area contributed by atoms with Crippen molar-refractivity contribution >= 4 is 34.2 Å². The first-order chi connectivity index (χ1) is 13.3. The molecule has 0 aliphatic carbocycles. The van der Waals surface area contributed by atoms with Crippen molar-refractivity contribution in [3.05, 3.63) is 69.2 Å². The quantitative estimate of drug-likeness (QED) is 0.619. The molecule has 0 N–H and O–H groups in total. The second-order valence-corrected chi connectivity index (χ2v) is 6.88. The maximum atomic E-state index is 12.7. The van der Waals surface area contributed by atoms with E-state index in [-0.39, 0.29) is 11.3 Å². The molecular weight excluding hydrogens is 393 g/mol. The Balaban J connectivity index is 1.64. The number of benzene rings is 2. The summed E-state index contributed by atoms with van der Waals surface area (Å²) in [6.07, 6.45) is -1.87. The Hall–Kier alpha value is -2.80. The van der Waals surface area contributed by atoms with E-state index in [1.165, 1.54) is 12.1 Å². The molecule has 1 aliphatic rings. The third kappa shape index (κ3) is 3.75. The summed E-state index contributed by atoms with van der Waals surface area (Å²) < 4.78 is 43.0. The minimum atomic E-state index is -4.38. The highest BCUT2D eigenvalue weighted by Gasteiger charge is 2.28. The zero-order valence-electron chi connectivity index (χ0n) is 14.5. The van der Waals surface area contributed by atoms with Crippen LogP contribution in [0, 0.1) is 0 Å². The van der Waals surface area contributed by atoms with E-state index in [4.69, 9.17) is 16.3 Å². The van der Waals surface area contributed by atoms with Crippen molar-refractivity contribution in [2.45, 2.75) is 19.1 Å². The number of halogens is 4. The fourth-order valence-corrected chi connectivity index (χ4v) is 3.32. The third-order valence-electron chi connectivity index (χ3n) is 4.43. The van der Waals surface area contributed by atoms with Gasteiger partial charge in [0.1, 0.15) is 11.6 Å². The molecule has 4 nitrogen and oxygen atoms in total. The van der Waals surface area contributed by atoms with Crippen molar-refractivity contribution in [1.29, 1.82) is 0 Å². The van der Waals surface area contributed by atoms with Crippen LogP contribution in [0.4, 0.5) is 13.2 Å². The van der Waals surface area contributed by atoms with Gasteiger partial charge in [-0.2, -0.15) is 13.2 Å². The van der Waals surface area contributed by atoms with Crippen molar-refractivity contribution in [3.63, 3.8) is 0 Å². The molecule has 1 aromatic heterocycles. The number of hydrogen-bond donors (Lipinski definition) is 0. The summed E-state index contributed by atoms with van der Waals surface area (Å²) in [5.41, 5.74) is 2.08. The Morgan fingerprint density at radius 3 is 2.64 bits per heavy atom. The molecule has 1 aliphatic heterocycles.